The molecule has 1 atom stereocenters. The second-order valence-corrected chi connectivity index (χ2v) is 4.99. The molecule has 0 aliphatic carbocycles. The van der Waals surface area contributed by atoms with Crippen molar-refractivity contribution < 1.29 is 38.2 Å². The molecule has 1 aliphatic heterocycles. The molecule has 1 heterocycles. The highest BCUT2D eigenvalue weighted by Crippen LogP contribution is 2.19. The average Bonchev–Trinajstić information content (AvgIpc) is 2.56. The summed E-state index contributed by atoms with van der Waals surface area (Å²) in [5, 5.41) is 2.09. The van der Waals surface area contributed by atoms with E-state index in [1.54, 1.807) is 0 Å². The van der Waals surface area contributed by atoms with Crippen LogP contribution in [0, 0.1) is 0 Å². The van der Waals surface area contributed by atoms with Crippen LogP contribution in [0.5, 0.6) is 0 Å². The molecule has 134 valence electrons. The minimum atomic E-state index is -2.68. The normalized spacial score (nSPS) is 16.5. The van der Waals surface area contributed by atoms with E-state index in [0.29, 0.717) is 0 Å². The fourth-order valence-corrected chi connectivity index (χ4v) is 2.12. The lowest BCUT2D eigenvalue weighted by Gasteiger charge is -2.35. The van der Waals surface area contributed by atoms with Crippen molar-refractivity contribution >= 4 is 29.5 Å². The molecule has 1 unspecified atom stereocenters. The summed E-state index contributed by atoms with van der Waals surface area (Å²) >= 11 is 0. The smallest absolute Gasteiger partial charge is 0.325 e. The molecule has 10 nitrogen and oxygen atoms in total. The van der Waals surface area contributed by atoms with Crippen LogP contribution in [-0.4, -0.2) is 80.0 Å². The number of morpholine rings is 1. The summed E-state index contributed by atoms with van der Waals surface area (Å²) in [5.74, 6) is -4.93. The first-order chi connectivity index (χ1) is 11.3. The minimum Gasteiger partial charge on any atom is -0.468 e. The van der Waals surface area contributed by atoms with Gasteiger partial charge in [-0.05, 0) is 6.92 Å². The van der Waals surface area contributed by atoms with Crippen LogP contribution >= 0.6 is 0 Å². The van der Waals surface area contributed by atoms with E-state index in [4.69, 9.17) is 9.47 Å². The number of ketones is 1. The van der Waals surface area contributed by atoms with E-state index >= 15 is 0 Å². The second-order valence-electron chi connectivity index (χ2n) is 4.99. The maximum atomic E-state index is 12.7. The number of hydrogen-bond acceptors (Lipinski definition) is 8. The predicted octanol–water partition coefficient (Wildman–Crippen LogP) is -1.97. The van der Waals surface area contributed by atoms with Gasteiger partial charge in [-0.15, -0.1) is 0 Å². The summed E-state index contributed by atoms with van der Waals surface area (Å²) in [7, 11) is 1.11. The van der Waals surface area contributed by atoms with Crippen molar-refractivity contribution in [3.8, 4) is 0 Å². The number of amides is 2. The molecule has 0 aromatic carbocycles. The number of rotatable bonds is 6. The van der Waals surface area contributed by atoms with Gasteiger partial charge in [0.15, 0.2) is 5.78 Å². The number of hydrogen-bond donors (Lipinski definition) is 1. The lowest BCUT2D eigenvalue weighted by molar-refractivity contribution is -0.183. The molecule has 1 rings (SSSR count). The molecule has 10 heteroatoms. The molecular formula is C14H20N2O8. The Labute approximate surface area is 138 Å². The molecule has 1 fully saturated rings. The van der Waals surface area contributed by atoms with Crippen LogP contribution < -0.4 is 5.32 Å². The topological polar surface area (TPSA) is 128 Å². The maximum Gasteiger partial charge on any atom is 0.325 e. The highest BCUT2D eigenvalue weighted by Gasteiger charge is 2.56. The molecule has 1 N–H and O–H groups in total. The third-order valence-electron chi connectivity index (χ3n) is 3.33. The summed E-state index contributed by atoms with van der Waals surface area (Å²) in [6, 6.07) is 0. The van der Waals surface area contributed by atoms with Crippen LogP contribution in [-0.2, 0) is 38.2 Å². The largest absolute Gasteiger partial charge is 0.468 e. The van der Waals surface area contributed by atoms with E-state index < -0.39 is 41.7 Å². The van der Waals surface area contributed by atoms with Gasteiger partial charge in [0.05, 0.1) is 20.3 Å². The van der Waals surface area contributed by atoms with Crippen LogP contribution in [0.15, 0.2) is 0 Å². The molecule has 0 aromatic rings. The standard InChI is InChI=1S/C14H20N2O8/c1-9(17)14(24-10(2)18,12(20)15-8-11(19)22-3)13(21)16-4-6-23-7-5-16/h4-8H2,1-3H3,(H,15,20). The van der Waals surface area contributed by atoms with E-state index in [1.165, 1.54) is 4.90 Å². The zero-order valence-corrected chi connectivity index (χ0v) is 13.7. The number of Topliss-reactive ketones (excluding diaryl/α,β-unsaturated/α-hetero) is 1. The van der Waals surface area contributed by atoms with Gasteiger partial charge in [-0.2, -0.15) is 0 Å². The summed E-state index contributed by atoms with van der Waals surface area (Å²) in [5.41, 5.74) is -2.68. The van der Waals surface area contributed by atoms with Gasteiger partial charge in [0.2, 0.25) is 0 Å². The molecule has 1 saturated heterocycles. The Morgan fingerprint density at radius 1 is 1.12 bits per heavy atom. The second kappa shape index (κ2) is 8.39. The summed E-state index contributed by atoms with van der Waals surface area (Å²) in [6.45, 7) is 2.07. The fourth-order valence-electron chi connectivity index (χ4n) is 2.12. The Balaban J connectivity index is 3.14. The van der Waals surface area contributed by atoms with Gasteiger partial charge in [0.25, 0.3) is 11.8 Å². The van der Waals surface area contributed by atoms with E-state index in [-0.39, 0.29) is 26.3 Å². The minimum absolute atomic E-state index is 0.138. The van der Waals surface area contributed by atoms with E-state index in [9.17, 15) is 24.0 Å². The average molecular weight is 344 g/mol. The molecule has 0 spiro atoms. The molecule has 0 bridgehead atoms. The van der Waals surface area contributed by atoms with E-state index in [2.05, 4.69) is 10.1 Å². The fraction of sp³-hybridized carbons (Fsp3) is 0.643. The number of carbonyl (C=O) groups excluding carboxylic acids is 5. The first-order valence-electron chi connectivity index (χ1n) is 7.18. The van der Waals surface area contributed by atoms with E-state index in [0.717, 1.165) is 21.0 Å². The van der Waals surface area contributed by atoms with Crippen molar-refractivity contribution in [2.45, 2.75) is 19.4 Å². The van der Waals surface area contributed by atoms with Crippen LogP contribution in [0.25, 0.3) is 0 Å². The molecule has 0 saturated carbocycles. The van der Waals surface area contributed by atoms with Crippen molar-refractivity contribution in [3.63, 3.8) is 0 Å². The van der Waals surface area contributed by atoms with Crippen LogP contribution in [0.1, 0.15) is 13.8 Å². The van der Waals surface area contributed by atoms with Crippen molar-refractivity contribution in [2.75, 3.05) is 40.0 Å². The Hall–Kier alpha value is -2.49. The summed E-state index contributed by atoms with van der Waals surface area (Å²) in [4.78, 5) is 61.1. The number of ether oxygens (including phenoxy) is 3. The summed E-state index contributed by atoms with van der Waals surface area (Å²) < 4.78 is 14.3. The van der Waals surface area contributed by atoms with Crippen molar-refractivity contribution in [1.82, 2.24) is 10.2 Å². The monoisotopic (exact) mass is 344 g/mol. The van der Waals surface area contributed by atoms with Gasteiger partial charge < -0.3 is 24.4 Å². The first kappa shape index (κ1) is 19.6. The SMILES string of the molecule is COC(=O)CNC(=O)C(OC(C)=O)(C(C)=O)C(=O)N1CCOCC1. The predicted molar refractivity (Wildman–Crippen MR) is 77.6 cm³/mol. The highest BCUT2D eigenvalue weighted by atomic mass is 16.6. The number of nitrogens with zero attached hydrogens (tertiary/aromatic N) is 1. The van der Waals surface area contributed by atoms with Gasteiger partial charge in [-0.25, -0.2) is 0 Å². The number of methoxy groups -OCH3 is 1. The van der Waals surface area contributed by atoms with Gasteiger partial charge in [-0.3, -0.25) is 24.0 Å². The van der Waals surface area contributed by atoms with Crippen LogP contribution in [0.2, 0.25) is 0 Å². The first-order valence-corrected chi connectivity index (χ1v) is 7.18. The quantitative estimate of drug-likeness (QED) is 0.434. The molecule has 2 amide bonds. The van der Waals surface area contributed by atoms with Gasteiger partial charge >= 0.3 is 17.5 Å². The Bertz CT molecular complexity index is 541. The zero-order valence-electron chi connectivity index (χ0n) is 13.7. The molecule has 0 aromatic heterocycles. The lowest BCUT2D eigenvalue weighted by atomic mass is 9.95. The van der Waals surface area contributed by atoms with Gasteiger partial charge in [-0.1, -0.05) is 0 Å². The van der Waals surface area contributed by atoms with Gasteiger partial charge in [0.1, 0.15) is 6.54 Å². The van der Waals surface area contributed by atoms with Gasteiger partial charge in [0, 0.05) is 20.0 Å². The summed E-state index contributed by atoms with van der Waals surface area (Å²) in [6.07, 6.45) is 0. The number of esters is 2. The lowest BCUT2D eigenvalue weighted by Crippen LogP contribution is -2.65. The molecule has 0 radical (unpaired) electrons. The third kappa shape index (κ3) is 4.28. The zero-order chi connectivity index (χ0) is 18.3. The van der Waals surface area contributed by atoms with E-state index in [1.807, 2.05) is 0 Å². The Kier molecular flexibility index (Phi) is 6.83. The third-order valence-corrected chi connectivity index (χ3v) is 3.33. The van der Waals surface area contributed by atoms with Crippen molar-refractivity contribution in [1.29, 1.82) is 0 Å². The number of nitrogens with one attached hydrogen (secondary N) is 1. The maximum absolute atomic E-state index is 12.7. The van der Waals surface area contributed by atoms with Crippen molar-refractivity contribution in [2.24, 2.45) is 0 Å². The Morgan fingerprint density at radius 2 is 1.71 bits per heavy atom. The highest BCUT2D eigenvalue weighted by molar-refractivity contribution is 6.27. The number of carbonyl (C=O) groups is 5. The van der Waals surface area contributed by atoms with Crippen LogP contribution in [0.4, 0.5) is 0 Å². The molecular weight excluding hydrogens is 324 g/mol. The Morgan fingerprint density at radius 3 is 2.17 bits per heavy atom. The molecule has 1 aliphatic rings. The molecule has 24 heavy (non-hydrogen) atoms. The van der Waals surface area contributed by atoms with Crippen molar-refractivity contribution in [3.05, 3.63) is 0 Å². The van der Waals surface area contributed by atoms with Crippen LogP contribution in [0.3, 0.4) is 0 Å².